The van der Waals surface area contributed by atoms with E-state index in [0.717, 1.165) is 37.5 Å². The summed E-state index contributed by atoms with van der Waals surface area (Å²) < 4.78 is 11.8. The molecule has 3 nitrogen and oxygen atoms in total. The zero-order valence-corrected chi connectivity index (χ0v) is 13.2. The van der Waals surface area contributed by atoms with E-state index in [1.54, 1.807) is 0 Å². The minimum absolute atomic E-state index is 0.595. The van der Waals surface area contributed by atoms with E-state index in [1.807, 2.05) is 0 Å². The third-order valence-corrected chi connectivity index (χ3v) is 4.58. The molecule has 0 unspecified atom stereocenters. The lowest BCUT2D eigenvalue weighted by atomic mass is 10.0. The molecule has 0 N–H and O–H groups in total. The summed E-state index contributed by atoms with van der Waals surface area (Å²) in [6, 6.07) is 10.8. The molecule has 0 amide bonds. The van der Waals surface area contributed by atoms with E-state index in [-0.39, 0.29) is 0 Å². The molecule has 0 fully saturated rings. The highest BCUT2D eigenvalue weighted by atomic mass is 16.5. The lowest BCUT2D eigenvalue weighted by molar-refractivity contribution is 0.270. The summed E-state index contributed by atoms with van der Waals surface area (Å²) in [5.74, 6) is 1.98. The van der Waals surface area contributed by atoms with Gasteiger partial charge in [-0.1, -0.05) is 18.2 Å². The summed E-state index contributed by atoms with van der Waals surface area (Å²) in [6.07, 6.45) is 2.21. The molecule has 0 bridgehead atoms. The molecule has 114 valence electrons. The predicted molar refractivity (Wildman–Crippen MR) is 87.9 cm³/mol. The quantitative estimate of drug-likeness (QED) is 0.794. The molecule has 2 aliphatic rings. The number of aryl methyl sites for hydroxylation is 3. The summed E-state index contributed by atoms with van der Waals surface area (Å²) in [4.78, 5) is 2.32. The van der Waals surface area contributed by atoms with Gasteiger partial charge in [0.25, 0.3) is 0 Å². The Morgan fingerprint density at radius 2 is 1.73 bits per heavy atom. The van der Waals surface area contributed by atoms with Crippen LogP contribution in [-0.4, -0.2) is 13.3 Å². The number of nitrogens with zero attached hydrogens (tertiary/aromatic N) is 1. The number of ether oxygens (including phenoxy) is 2. The van der Waals surface area contributed by atoms with Gasteiger partial charge in [0, 0.05) is 23.9 Å². The first kappa shape index (κ1) is 13.5. The zero-order chi connectivity index (χ0) is 15.1. The number of para-hydroxylation sites is 1. The van der Waals surface area contributed by atoms with Crippen LogP contribution in [0, 0.1) is 13.8 Å². The summed E-state index contributed by atoms with van der Waals surface area (Å²) in [7, 11) is 0. The van der Waals surface area contributed by atoms with Crippen LogP contribution in [0.4, 0.5) is 5.69 Å². The van der Waals surface area contributed by atoms with Crippen molar-refractivity contribution in [3.05, 3.63) is 52.6 Å². The molecule has 0 spiro atoms. The van der Waals surface area contributed by atoms with E-state index in [1.165, 1.54) is 27.9 Å². The molecule has 4 rings (SSSR count). The minimum Gasteiger partial charge on any atom is -0.493 e. The van der Waals surface area contributed by atoms with Crippen molar-refractivity contribution < 1.29 is 9.47 Å². The standard InChI is InChI=1S/C19H21NO2/c1-13-5-3-6-14(2)19(13)20-11-16-9-15-7-4-8-21-17(15)10-18(16)22-12-20/h3,5-6,9-10H,4,7-8,11-12H2,1-2H3. The molecule has 0 aromatic heterocycles. The van der Waals surface area contributed by atoms with Crippen molar-refractivity contribution in [3.8, 4) is 11.5 Å². The van der Waals surface area contributed by atoms with Gasteiger partial charge in [-0.25, -0.2) is 0 Å². The zero-order valence-electron chi connectivity index (χ0n) is 13.2. The fraction of sp³-hybridized carbons (Fsp3) is 0.368. The Labute approximate surface area is 131 Å². The summed E-state index contributed by atoms with van der Waals surface area (Å²) in [5.41, 5.74) is 6.47. The SMILES string of the molecule is Cc1cccc(C)c1N1COc2cc3c(cc2C1)CCCO3. The second-order valence-electron chi connectivity index (χ2n) is 6.23. The molecule has 0 aliphatic carbocycles. The van der Waals surface area contributed by atoms with Crippen LogP contribution in [0.15, 0.2) is 30.3 Å². The van der Waals surface area contributed by atoms with Crippen LogP contribution in [0.2, 0.25) is 0 Å². The van der Waals surface area contributed by atoms with E-state index in [0.29, 0.717) is 6.73 Å². The van der Waals surface area contributed by atoms with Gasteiger partial charge in [-0.15, -0.1) is 0 Å². The molecule has 2 aromatic carbocycles. The van der Waals surface area contributed by atoms with Crippen LogP contribution in [-0.2, 0) is 13.0 Å². The highest BCUT2D eigenvalue weighted by Gasteiger charge is 2.23. The van der Waals surface area contributed by atoms with Crippen LogP contribution in [0.5, 0.6) is 11.5 Å². The monoisotopic (exact) mass is 295 g/mol. The van der Waals surface area contributed by atoms with E-state index in [9.17, 15) is 0 Å². The molecule has 0 saturated carbocycles. The average Bonchev–Trinajstić information content (AvgIpc) is 2.52. The molecule has 3 heteroatoms. The molecule has 2 aromatic rings. The van der Waals surface area contributed by atoms with Gasteiger partial charge in [-0.3, -0.25) is 0 Å². The molecular formula is C19H21NO2. The fourth-order valence-corrected chi connectivity index (χ4v) is 3.54. The van der Waals surface area contributed by atoms with Gasteiger partial charge in [0.1, 0.15) is 11.5 Å². The predicted octanol–water partition coefficient (Wildman–Crippen LogP) is 3.98. The van der Waals surface area contributed by atoms with Crippen LogP contribution >= 0.6 is 0 Å². The Bertz CT molecular complexity index is 703. The van der Waals surface area contributed by atoms with E-state index in [4.69, 9.17) is 9.47 Å². The van der Waals surface area contributed by atoms with Gasteiger partial charge in [0.2, 0.25) is 0 Å². The van der Waals surface area contributed by atoms with Crippen LogP contribution in [0.3, 0.4) is 0 Å². The number of hydrogen-bond acceptors (Lipinski definition) is 3. The van der Waals surface area contributed by atoms with Crippen molar-refractivity contribution in [1.29, 1.82) is 0 Å². The number of hydrogen-bond donors (Lipinski definition) is 0. The van der Waals surface area contributed by atoms with Crippen molar-refractivity contribution in [2.24, 2.45) is 0 Å². The lowest BCUT2D eigenvalue weighted by Gasteiger charge is -2.34. The summed E-state index contributed by atoms with van der Waals surface area (Å²) in [6.45, 7) is 6.64. The van der Waals surface area contributed by atoms with Gasteiger partial charge in [-0.2, -0.15) is 0 Å². The van der Waals surface area contributed by atoms with Gasteiger partial charge >= 0.3 is 0 Å². The average molecular weight is 295 g/mol. The summed E-state index contributed by atoms with van der Waals surface area (Å²) in [5, 5.41) is 0. The van der Waals surface area contributed by atoms with E-state index in [2.05, 4.69) is 49.1 Å². The maximum Gasteiger partial charge on any atom is 0.161 e. The number of rotatable bonds is 1. The van der Waals surface area contributed by atoms with Crippen LogP contribution in [0.1, 0.15) is 28.7 Å². The second kappa shape index (κ2) is 5.24. The van der Waals surface area contributed by atoms with Gasteiger partial charge in [-0.05, 0) is 49.4 Å². The van der Waals surface area contributed by atoms with Gasteiger partial charge < -0.3 is 14.4 Å². The molecule has 22 heavy (non-hydrogen) atoms. The molecule has 0 atom stereocenters. The Kier molecular flexibility index (Phi) is 3.21. The Hall–Kier alpha value is -2.16. The topological polar surface area (TPSA) is 21.7 Å². The van der Waals surface area contributed by atoms with Crippen molar-refractivity contribution >= 4 is 5.69 Å². The first-order valence-electron chi connectivity index (χ1n) is 7.95. The molecule has 2 heterocycles. The number of fused-ring (bicyclic) bond motifs is 2. The second-order valence-corrected chi connectivity index (χ2v) is 6.23. The lowest BCUT2D eigenvalue weighted by Crippen LogP contribution is -2.33. The molecule has 2 aliphatic heterocycles. The smallest absolute Gasteiger partial charge is 0.161 e. The normalized spacial score (nSPS) is 16.4. The first-order valence-corrected chi connectivity index (χ1v) is 7.95. The van der Waals surface area contributed by atoms with Crippen molar-refractivity contribution in [2.75, 3.05) is 18.2 Å². The number of anilines is 1. The molecular weight excluding hydrogens is 274 g/mol. The Morgan fingerprint density at radius 3 is 2.55 bits per heavy atom. The highest BCUT2D eigenvalue weighted by molar-refractivity contribution is 5.61. The van der Waals surface area contributed by atoms with Crippen LogP contribution in [0.25, 0.3) is 0 Å². The molecule has 0 radical (unpaired) electrons. The maximum absolute atomic E-state index is 6.01. The maximum atomic E-state index is 6.01. The van der Waals surface area contributed by atoms with E-state index < -0.39 is 0 Å². The van der Waals surface area contributed by atoms with Gasteiger partial charge in [0.15, 0.2) is 6.73 Å². The summed E-state index contributed by atoms with van der Waals surface area (Å²) >= 11 is 0. The third-order valence-electron chi connectivity index (χ3n) is 4.58. The Morgan fingerprint density at radius 1 is 0.955 bits per heavy atom. The largest absolute Gasteiger partial charge is 0.493 e. The third kappa shape index (κ3) is 2.21. The van der Waals surface area contributed by atoms with Crippen molar-refractivity contribution in [3.63, 3.8) is 0 Å². The Balaban J connectivity index is 1.69. The van der Waals surface area contributed by atoms with Crippen molar-refractivity contribution in [1.82, 2.24) is 0 Å². The van der Waals surface area contributed by atoms with Crippen LogP contribution < -0.4 is 14.4 Å². The minimum atomic E-state index is 0.595. The first-order chi connectivity index (χ1) is 10.7. The van der Waals surface area contributed by atoms with Crippen molar-refractivity contribution in [2.45, 2.75) is 33.2 Å². The highest BCUT2D eigenvalue weighted by Crippen LogP contribution is 2.37. The molecule has 0 saturated heterocycles. The van der Waals surface area contributed by atoms with Gasteiger partial charge in [0.05, 0.1) is 6.61 Å². The van der Waals surface area contributed by atoms with E-state index >= 15 is 0 Å². The number of benzene rings is 2. The fourth-order valence-electron chi connectivity index (χ4n) is 3.54.